The predicted octanol–water partition coefficient (Wildman–Crippen LogP) is 5.55. The topological polar surface area (TPSA) is 79.4 Å². The van der Waals surface area contributed by atoms with Crippen LogP contribution >= 0.6 is 0 Å². The number of hydrogen-bond donors (Lipinski definition) is 2. The number of hydrogen-bond acceptors (Lipinski definition) is 4. The Bertz CT molecular complexity index is 1510. The predicted molar refractivity (Wildman–Crippen MR) is 132 cm³/mol. The smallest absolute Gasteiger partial charge is 0.289 e. The largest absolute Gasteiger partial charge is 0.496 e. The van der Waals surface area contributed by atoms with E-state index in [1.165, 1.54) is 0 Å². The average molecular weight is 434 g/mol. The molecule has 0 aliphatic heterocycles. The minimum atomic E-state index is -0.368. The Morgan fingerprint density at radius 2 is 1.61 bits per heavy atom. The molecule has 4 aromatic carbocycles. The van der Waals surface area contributed by atoms with Gasteiger partial charge >= 0.3 is 0 Å². The number of benzene rings is 4. The number of fused-ring (bicyclic) bond motifs is 2. The molecule has 0 fully saturated rings. The van der Waals surface area contributed by atoms with E-state index in [2.05, 4.69) is 32.9 Å². The van der Waals surface area contributed by atoms with Crippen molar-refractivity contribution in [1.29, 1.82) is 0 Å². The van der Waals surface area contributed by atoms with Crippen LogP contribution in [0.2, 0.25) is 0 Å². The monoisotopic (exact) mass is 434 g/mol. The summed E-state index contributed by atoms with van der Waals surface area (Å²) < 4.78 is 5.56. The third-order valence-electron chi connectivity index (χ3n) is 5.69. The third kappa shape index (κ3) is 3.83. The molecule has 0 saturated heterocycles. The van der Waals surface area contributed by atoms with Gasteiger partial charge in [-0.2, -0.15) is 10.2 Å². The Morgan fingerprint density at radius 1 is 0.909 bits per heavy atom. The quantitative estimate of drug-likeness (QED) is 0.281. The number of methoxy groups -OCH3 is 1. The van der Waals surface area contributed by atoms with E-state index in [0.29, 0.717) is 17.1 Å². The maximum absolute atomic E-state index is 12.8. The molecule has 2 N–H and O–H groups in total. The average Bonchev–Trinajstić information content (AvgIpc) is 3.36. The van der Waals surface area contributed by atoms with Crippen LogP contribution in [0.1, 0.15) is 23.0 Å². The number of ether oxygens (including phenoxy) is 1. The fourth-order valence-electron chi connectivity index (χ4n) is 4.05. The molecule has 0 radical (unpaired) electrons. The van der Waals surface area contributed by atoms with Crippen LogP contribution in [0.25, 0.3) is 32.8 Å². The molecule has 0 spiro atoms. The van der Waals surface area contributed by atoms with Gasteiger partial charge in [-0.15, -0.1) is 0 Å². The molecule has 1 heterocycles. The molecule has 0 unspecified atom stereocenters. The van der Waals surface area contributed by atoms with Crippen LogP contribution in [0, 0.1) is 0 Å². The molecule has 1 aromatic heterocycles. The summed E-state index contributed by atoms with van der Waals surface area (Å²) in [5.41, 5.74) is 6.11. The van der Waals surface area contributed by atoms with Gasteiger partial charge in [-0.3, -0.25) is 9.89 Å². The van der Waals surface area contributed by atoms with Gasteiger partial charge < -0.3 is 4.74 Å². The van der Waals surface area contributed by atoms with Crippen LogP contribution in [0.15, 0.2) is 90.0 Å². The van der Waals surface area contributed by atoms with E-state index in [-0.39, 0.29) is 5.91 Å². The lowest BCUT2D eigenvalue weighted by molar-refractivity contribution is 0.0950. The molecular formula is C27H22N4O2. The zero-order chi connectivity index (χ0) is 22.8. The van der Waals surface area contributed by atoms with Gasteiger partial charge in [0.05, 0.1) is 24.1 Å². The summed E-state index contributed by atoms with van der Waals surface area (Å²) in [6.45, 7) is 1.88. The van der Waals surface area contributed by atoms with Crippen LogP contribution in [0.4, 0.5) is 0 Å². The second-order valence-corrected chi connectivity index (χ2v) is 7.70. The number of carbonyl (C=O) groups excluding carboxylic acids is 1. The summed E-state index contributed by atoms with van der Waals surface area (Å²) in [6, 6.07) is 27.7. The summed E-state index contributed by atoms with van der Waals surface area (Å²) in [6.07, 6.45) is 0. The molecule has 0 aliphatic rings. The summed E-state index contributed by atoms with van der Waals surface area (Å²) in [7, 11) is 1.62. The van der Waals surface area contributed by atoms with Gasteiger partial charge in [0.2, 0.25) is 0 Å². The van der Waals surface area contributed by atoms with E-state index >= 15 is 0 Å². The second kappa shape index (κ2) is 8.59. The Morgan fingerprint density at radius 3 is 2.39 bits per heavy atom. The molecule has 0 atom stereocenters. The number of nitrogens with one attached hydrogen (secondary N) is 2. The first kappa shape index (κ1) is 20.5. The minimum absolute atomic E-state index is 0.314. The highest BCUT2D eigenvalue weighted by Gasteiger charge is 2.16. The van der Waals surface area contributed by atoms with Crippen molar-refractivity contribution in [2.75, 3.05) is 7.11 Å². The molecular weight excluding hydrogens is 412 g/mol. The van der Waals surface area contributed by atoms with E-state index in [1.807, 2.05) is 73.7 Å². The molecule has 6 heteroatoms. The Kier molecular flexibility index (Phi) is 5.32. The molecule has 33 heavy (non-hydrogen) atoms. The first-order valence-corrected chi connectivity index (χ1v) is 10.6. The minimum Gasteiger partial charge on any atom is -0.496 e. The fourth-order valence-corrected chi connectivity index (χ4v) is 4.05. The molecule has 5 aromatic rings. The number of amides is 1. The second-order valence-electron chi connectivity index (χ2n) is 7.70. The van der Waals surface area contributed by atoms with E-state index in [1.54, 1.807) is 13.2 Å². The Hall–Kier alpha value is -4.45. The SMILES string of the molecule is COc1ccc2ccccc2c1-c1cc(C(=O)N/N=C(\C)c2cccc3ccccc23)[nH]n1. The van der Waals surface area contributed by atoms with Crippen molar-refractivity contribution in [3.05, 3.63) is 96.2 Å². The van der Waals surface area contributed by atoms with E-state index in [9.17, 15) is 4.79 Å². The van der Waals surface area contributed by atoms with Crippen molar-refractivity contribution < 1.29 is 9.53 Å². The van der Waals surface area contributed by atoms with E-state index in [4.69, 9.17) is 4.74 Å². The highest BCUT2D eigenvalue weighted by Crippen LogP contribution is 2.36. The van der Waals surface area contributed by atoms with E-state index in [0.717, 1.165) is 38.4 Å². The lowest BCUT2D eigenvalue weighted by Crippen LogP contribution is -2.19. The molecule has 0 bridgehead atoms. The summed E-state index contributed by atoms with van der Waals surface area (Å²) in [5, 5.41) is 15.8. The van der Waals surface area contributed by atoms with Crippen molar-refractivity contribution in [2.45, 2.75) is 6.92 Å². The highest BCUT2D eigenvalue weighted by molar-refractivity contribution is 6.10. The first-order valence-electron chi connectivity index (χ1n) is 10.6. The summed E-state index contributed by atoms with van der Waals surface area (Å²) in [5.74, 6) is 0.324. The lowest BCUT2D eigenvalue weighted by atomic mass is 10.0. The van der Waals surface area contributed by atoms with Crippen molar-refractivity contribution in [3.63, 3.8) is 0 Å². The normalized spacial score (nSPS) is 11.6. The Labute approximate surface area is 190 Å². The van der Waals surface area contributed by atoms with Gasteiger partial charge in [-0.1, -0.05) is 72.8 Å². The maximum Gasteiger partial charge on any atom is 0.289 e. The molecule has 6 nitrogen and oxygen atoms in total. The molecule has 1 amide bonds. The number of rotatable bonds is 5. The van der Waals surface area contributed by atoms with Crippen molar-refractivity contribution in [3.8, 4) is 17.0 Å². The van der Waals surface area contributed by atoms with Gasteiger partial charge in [-0.05, 0) is 40.6 Å². The Balaban J connectivity index is 1.43. The summed E-state index contributed by atoms with van der Waals surface area (Å²) in [4.78, 5) is 12.8. The first-order chi connectivity index (χ1) is 16.2. The van der Waals surface area contributed by atoms with E-state index < -0.39 is 0 Å². The van der Waals surface area contributed by atoms with Gasteiger partial charge in [0.25, 0.3) is 5.91 Å². The zero-order valence-electron chi connectivity index (χ0n) is 18.3. The van der Waals surface area contributed by atoms with Crippen LogP contribution in [0.5, 0.6) is 5.75 Å². The molecule has 162 valence electrons. The van der Waals surface area contributed by atoms with Crippen LogP contribution in [-0.2, 0) is 0 Å². The number of aromatic nitrogens is 2. The summed E-state index contributed by atoms with van der Waals surface area (Å²) >= 11 is 0. The van der Waals surface area contributed by atoms with Gasteiger partial charge in [-0.25, -0.2) is 5.43 Å². The lowest BCUT2D eigenvalue weighted by Gasteiger charge is -2.09. The van der Waals surface area contributed by atoms with Crippen molar-refractivity contribution >= 4 is 33.2 Å². The number of carbonyl (C=O) groups is 1. The fraction of sp³-hybridized carbons (Fsp3) is 0.0741. The molecule has 0 aliphatic carbocycles. The highest BCUT2D eigenvalue weighted by atomic mass is 16.5. The molecule has 5 rings (SSSR count). The standard InChI is InChI=1S/C27H22N4O2/c1-17(20-13-7-10-18-8-3-5-11-21(18)20)28-31-27(32)24-16-23(29-30-24)26-22-12-6-4-9-19(22)14-15-25(26)33-2/h3-16H,1-2H3,(H,29,30)(H,31,32)/b28-17+. The van der Waals surface area contributed by atoms with Crippen molar-refractivity contribution in [1.82, 2.24) is 15.6 Å². The maximum atomic E-state index is 12.8. The zero-order valence-corrected chi connectivity index (χ0v) is 18.3. The third-order valence-corrected chi connectivity index (χ3v) is 5.69. The van der Waals surface area contributed by atoms with Crippen LogP contribution in [-0.4, -0.2) is 28.9 Å². The number of aromatic amines is 1. The van der Waals surface area contributed by atoms with Crippen LogP contribution < -0.4 is 10.2 Å². The van der Waals surface area contributed by atoms with Gasteiger partial charge in [0.15, 0.2) is 0 Å². The van der Waals surface area contributed by atoms with Gasteiger partial charge in [0, 0.05) is 5.56 Å². The number of H-pyrrole nitrogens is 1. The number of nitrogens with zero attached hydrogens (tertiary/aromatic N) is 2. The molecule has 0 saturated carbocycles. The van der Waals surface area contributed by atoms with Crippen LogP contribution in [0.3, 0.4) is 0 Å². The van der Waals surface area contributed by atoms with Crippen molar-refractivity contribution in [2.24, 2.45) is 5.10 Å². The van der Waals surface area contributed by atoms with Gasteiger partial charge in [0.1, 0.15) is 11.4 Å². The number of hydrazone groups is 1.